The third kappa shape index (κ3) is 8.89. The number of phenols is 1. The molecule has 33 heavy (non-hydrogen) atoms. The van der Waals surface area contributed by atoms with E-state index in [0.717, 1.165) is 24.2 Å². The smallest absolute Gasteiger partial charge is 0.408 e. The van der Waals surface area contributed by atoms with Crippen LogP contribution in [0.25, 0.3) is 0 Å². The number of amides is 3. The third-order valence-electron chi connectivity index (χ3n) is 4.67. The first-order chi connectivity index (χ1) is 15.4. The molecule has 0 saturated heterocycles. The van der Waals surface area contributed by atoms with Crippen molar-refractivity contribution < 1.29 is 24.2 Å². The molecule has 0 aliphatic rings. The molecule has 0 spiro atoms. The largest absolute Gasteiger partial charge is 0.508 e. The van der Waals surface area contributed by atoms with E-state index in [9.17, 15) is 19.5 Å². The predicted octanol–water partition coefficient (Wildman–Crippen LogP) is 3.29. The highest BCUT2D eigenvalue weighted by atomic mass is 32.1. The second-order valence-electron chi connectivity index (χ2n) is 8.67. The maximum absolute atomic E-state index is 13.3. The second kappa shape index (κ2) is 13.0. The molecule has 0 bridgehead atoms. The number of nitrogens with zero attached hydrogens (tertiary/aromatic N) is 1. The number of hydrogen-bond donors (Lipinski definition) is 4. The Morgan fingerprint density at radius 1 is 1.27 bits per heavy atom. The first kappa shape index (κ1) is 28.2. The van der Waals surface area contributed by atoms with Crippen LogP contribution in [0.3, 0.4) is 0 Å². The first-order valence-electron chi connectivity index (χ1n) is 10.9. The number of aryl methyl sites for hydroxylation is 1. The average molecular weight is 478 g/mol. The Hall–Kier alpha value is -2.86. The summed E-state index contributed by atoms with van der Waals surface area (Å²) in [6.45, 7) is 9.26. The van der Waals surface area contributed by atoms with Gasteiger partial charge in [0.05, 0.1) is 0 Å². The number of ether oxygens (including phenoxy) is 1. The van der Waals surface area contributed by atoms with Gasteiger partial charge in [-0.25, -0.2) is 4.79 Å². The van der Waals surface area contributed by atoms with Crippen LogP contribution in [0.1, 0.15) is 64.1 Å². The number of thiol groups is 1. The number of benzene rings is 1. The van der Waals surface area contributed by atoms with Gasteiger partial charge in [-0.1, -0.05) is 32.3 Å². The highest BCUT2D eigenvalue weighted by Gasteiger charge is 2.35. The predicted molar refractivity (Wildman–Crippen MR) is 131 cm³/mol. The lowest BCUT2D eigenvalue weighted by atomic mass is 10.0. The van der Waals surface area contributed by atoms with Crippen molar-refractivity contribution in [1.82, 2.24) is 15.5 Å². The normalized spacial score (nSPS) is 12.8. The Labute approximate surface area is 201 Å². The van der Waals surface area contributed by atoms with Crippen LogP contribution >= 0.6 is 12.6 Å². The van der Waals surface area contributed by atoms with E-state index in [0.29, 0.717) is 17.7 Å². The van der Waals surface area contributed by atoms with Crippen molar-refractivity contribution in [3.05, 3.63) is 29.3 Å². The van der Waals surface area contributed by atoms with Crippen molar-refractivity contribution in [2.45, 2.75) is 71.6 Å². The summed E-state index contributed by atoms with van der Waals surface area (Å²) in [6.07, 6.45) is 7.60. The van der Waals surface area contributed by atoms with Crippen molar-refractivity contribution in [2.75, 3.05) is 12.3 Å². The fourth-order valence-corrected chi connectivity index (χ4v) is 3.27. The van der Waals surface area contributed by atoms with Gasteiger partial charge in [-0.15, -0.1) is 0 Å². The van der Waals surface area contributed by atoms with E-state index in [2.05, 4.69) is 36.2 Å². The molecule has 9 heteroatoms. The molecule has 1 rings (SSSR count). The van der Waals surface area contributed by atoms with Crippen LogP contribution in [0.4, 0.5) is 4.79 Å². The van der Waals surface area contributed by atoms with E-state index < -0.39 is 35.6 Å². The van der Waals surface area contributed by atoms with Gasteiger partial charge in [0.25, 0.3) is 5.91 Å². The van der Waals surface area contributed by atoms with Gasteiger partial charge >= 0.3 is 6.09 Å². The van der Waals surface area contributed by atoms with Crippen LogP contribution in [-0.4, -0.2) is 51.9 Å². The molecular weight excluding hydrogens is 442 g/mol. The molecule has 0 aliphatic heterocycles. The second-order valence-corrected chi connectivity index (χ2v) is 9.03. The fraction of sp³-hybridized carbons (Fsp3) is 0.542. The van der Waals surface area contributed by atoms with Gasteiger partial charge < -0.3 is 20.5 Å². The van der Waals surface area contributed by atoms with Crippen LogP contribution in [0.5, 0.6) is 5.75 Å². The number of phenolic OH excluding ortho intramolecular Hbond substituents is 1. The summed E-state index contributed by atoms with van der Waals surface area (Å²) >= 11 is 4.17. The summed E-state index contributed by atoms with van der Waals surface area (Å²) in [5, 5.41) is 15.2. The third-order valence-corrected chi connectivity index (χ3v) is 5.04. The number of aromatic hydroxyl groups is 1. The zero-order valence-electron chi connectivity index (χ0n) is 20.0. The molecule has 2 unspecified atom stereocenters. The van der Waals surface area contributed by atoms with Crippen LogP contribution < -0.4 is 10.6 Å². The molecule has 0 aliphatic carbocycles. The minimum absolute atomic E-state index is 0.0549. The van der Waals surface area contributed by atoms with Gasteiger partial charge in [0.15, 0.2) is 0 Å². The molecule has 0 radical (unpaired) electrons. The monoisotopic (exact) mass is 477 g/mol. The summed E-state index contributed by atoms with van der Waals surface area (Å²) in [7, 11) is 0. The summed E-state index contributed by atoms with van der Waals surface area (Å²) in [5.41, 5.74) is 0.197. The van der Waals surface area contributed by atoms with Crippen LogP contribution in [-0.2, 0) is 14.3 Å². The van der Waals surface area contributed by atoms with Gasteiger partial charge in [0, 0.05) is 18.3 Å². The minimum atomic E-state index is -1.16. The number of carbonyl (C=O) groups is 3. The number of carbonyl (C=O) groups excluding carboxylic acids is 3. The zero-order valence-corrected chi connectivity index (χ0v) is 20.9. The van der Waals surface area contributed by atoms with Gasteiger partial charge in [0.1, 0.15) is 23.4 Å². The lowest BCUT2D eigenvalue weighted by Crippen LogP contribution is -2.52. The van der Waals surface area contributed by atoms with E-state index in [4.69, 9.17) is 11.2 Å². The molecule has 3 amide bonds. The maximum atomic E-state index is 13.3. The number of unbranched alkanes of at least 4 members (excludes halogenated alkanes) is 2. The number of nitrogens with one attached hydrogen (secondary N) is 2. The molecule has 2 atom stereocenters. The first-order valence-corrected chi connectivity index (χ1v) is 11.5. The molecule has 0 aromatic heterocycles. The summed E-state index contributed by atoms with van der Waals surface area (Å²) < 4.78 is 5.22. The number of terminal acetylenes is 1. The highest BCUT2D eigenvalue weighted by Crippen LogP contribution is 2.26. The quantitative estimate of drug-likeness (QED) is 0.179. The molecule has 3 N–H and O–H groups in total. The molecule has 182 valence electrons. The Bertz CT molecular complexity index is 876. The van der Waals surface area contributed by atoms with Crippen molar-refractivity contribution in [2.24, 2.45) is 0 Å². The zero-order chi connectivity index (χ0) is 25.2. The Morgan fingerprint density at radius 2 is 1.94 bits per heavy atom. The van der Waals surface area contributed by atoms with Crippen molar-refractivity contribution >= 4 is 30.5 Å². The summed E-state index contributed by atoms with van der Waals surface area (Å²) in [5.74, 6) is -1.15. The Morgan fingerprint density at radius 3 is 2.45 bits per heavy atom. The van der Waals surface area contributed by atoms with E-state index in [-0.39, 0.29) is 11.5 Å². The topological polar surface area (TPSA) is 108 Å². The van der Waals surface area contributed by atoms with E-state index in [1.807, 2.05) is 0 Å². The average Bonchev–Trinajstić information content (AvgIpc) is 2.73. The van der Waals surface area contributed by atoms with Gasteiger partial charge in [-0.2, -0.15) is 12.6 Å². The minimum Gasteiger partial charge on any atom is -0.508 e. The van der Waals surface area contributed by atoms with Crippen LogP contribution in [0.15, 0.2) is 18.2 Å². The summed E-state index contributed by atoms with van der Waals surface area (Å²) in [4.78, 5) is 39.6. The van der Waals surface area contributed by atoms with E-state index >= 15 is 0 Å². The number of alkyl carbamates (subject to hydrolysis) is 1. The molecule has 0 heterocycles. The molecular formula is C24H35N3O5S. The molecule has 1 aromatic carbocycles. The lowest BCUT2D eigenvalue weighted by Gasteiger charge is -2.30. The highest BCUT2D eigenvalue weighted by molar-refractivity contribution is 7.80. The van der Waals surface area contributed by atoms with E-state index in [1.54, 1.807) is 33.8 Å². The van der Waals surface area contributed by atoms with Crippen molar-refractivity contribution in [3.63, 3.8) is 0 Å². The van der Waals surface area contributed by atoms with Crippen molar-refractivity contribution in [1.29, 1.82) is 0 Å². The number of rotatable bonds is 10. The van der Waals surface area contributed by atoms with Crippen LogP contribution in [0.2, 0.25) is 0 Å². The fourth-order valence-electron chi connectivity index (χ4n) is 3.02. The molecule has 0 fully saturated rings. The van der Waals surface area contributed by atoms with E-state index in [1.165, 1.54) is 12.1 Å². The van der Waals surface area contributed by atoms with Gasteiger partial charge in [0.2, 0.25) is 5.91 Å². The molecule has 0 saturated carbocycles. The van der Waals surface area contributed by atoms with Crippen LogP contribution in [0, 0.1) is 19.4 Å². The number of hydrogen-bond acceptors (Lipinski definition) is 6. The summed E-state index contributed by atoms with van der Waals surface area (Å²) in [6, 6.07) is 4.58. The standard InChI is InChI=1S/C24H35N3O5S/c1-7-9-10-13-25-21(29)20(17-11-12-19(28)16(3)14-17)27(8-2)22(30)18(15-33)26-23(31)32-24(4,5)6/h2,11-12,14,18,20,28,33H,7,9-10,13,15H2,1,3-6H3,(H,25,29)(H,26,31). The Balaban J connectivity index is 3.24. The van der Waals surface area contributed by atoms with Gasteiger partial charge in [-0.05, 0) is 57.4 Å². The maximum Gasteiger partial charge on any atom is 0.408 e. The Kier molecular flexibility index (Phi) is 11.1. The molecule has 8 nitrogen and oxygen atoms in total. The SMILES string of the molecule is C#CN(C(=O)C(CS)NC(=O)OC(C)(C)C)C(C(=O)NCCCCC)c1ccc(O)c(C)c1. The van der Waals surface area contributed by atoms with Gasteiger partial charge in [-0.3, -0.25) is 14.5 Å². The lowest BCUT2D eigenvalue weighted by molar-refractivity contribution is -0.138. The molecule has 1 aromatic rings. The van der Waals surface area contributed by atoms with Crippen molar-refractivity contribution in [3.8, 4) is 18.2 Å².